The Morgan fingerprint density at radius 3 is 2.57 bits per heavy atom. The number of amides is 1. The van der Waals surface area contributed by atoms with Gasteiger partial charge in [0, 0.05) is 30.4 Å². The van der Waals surface area contributed by atoms with Crippen molar-refractivity contribution < 1.29 is 14.7 Å². The second-order valence-electron chi connectivity index (χ2n) is 6.18. The molecule has 1 saturated carbocycles. The molecule has 0 spiro atoms. The van der Waals surface area contributed by atoms with E-state index in [1.807, 2.05) is 32.0 Å². The van der Waals surface area contributed by atoms with Gasteiger partial charge in [-0.3, -0.25) is 9.59 Å². The van der Waals surface area contributed by atoms with Crippen LogP contribution in [0.15, 0.2) is 18.2 Å². The van der Waals surface area contributed by atoms with Crippen LogP contribution in [0.2, 0.25) is 0 Å². The number of carbonyl (C=O) groups excluding carboxylic acids is 2. The summed E-state index contributed by atoms with van der Waals surface area (Å²) in [6, 6.07) is 5.78. The van der Waals surface area contributed by atoms with Crippen LogP contribution in [-0.2, 0) is 4.79 Å². The molecule has 2 rings (SSSR count). The molecule has 4 heteroatoms. The molecule has 1 aromatic carbocycles. The maximum Gasteiger partial charge on any atom is 0.220 e. The molecule has 0 aliphatic heterocycles. The molecule has 0 atom stereocenters. The quantitative estimate of drug-likeness (QED) is 0.756. The molecular weight excluding hydrogens is 266 g/mol. The lowest BCUT2D eigenvalue weighted by atomic mass is 9.99. The highest BCUT2D eigenvalue weighted by molar-refractivity contribution is 5.99. The lowest BCUT2D eigenvalue weighted by Crippen LogP contribution is -2.32. The summed E-state index contributed by atoms with van der Waals surface area (Å²) < 4.78 is 0. The van der Waals surface area contributed by atoms with Crippen molar-refractivity contribution in [3.05, 3.63) is 34.9 Å². The number of rotatable bonds is 7. The van der Waals surface area contributed by atoms with Crippen LogP contribution in [0.1, 0.15) is 47.2 Å². The van der Waals surface area contributed by atoms with E-state index >= 15 is 0 Å². The Bertz CT molecular complexity index is 547. The third-order valence-corrected chi connectivity index (χ3v) is 4.23. The molecule has 1 aliphatic carbocycles. The molecule has 1 aliphatic rings. The molecule has 0 heterocycles. The van der Waals surface area contributed by atoms with Crippen LogP contribution >= 0.6 is 0 Å². The van der Waals surface area contributed by atoms with Gasteiger partial charge in [0.2, 0.25) is 5.91 Å². The summed E-state index contributed by atoms with van der Waals surface area (Å²) in [5.74, 6) is -0.108. The van der Waals surface area contributed by atoms with Gasteiger partial charge in [0.25, 0.3) is 0 Å². The smallest absolute Gasteiger partial charge is 0.220 e. The average Bonchev–Trinajstić information content (AvgIpc) is 3.26. The van der Waals surface area contributed by atoms with Gasteiger partial charge in [-0.25, -0.2) is 0 Å². The van der Waals surface area contributed by atoms with Crippen molar-refractivity contribution in [2.24, 2.45) is 5.41 Å². The van der Waals surface area contributed by atoms with Gasteiger partial charge >= 0.3 is 0 Å². The molecule has 0 unspecified atom stereocenters. The minimum atomic E-state index is -0.117. The predicted molar refractivity (Wildman–Crippen MR) is 81.2 cm³/mol. The van der Waals surface area contributed by atoms with Gasteiger partial charge in [-0.2, -0.15) is 0 Å². The Kier molecular flexibility index (Phi) is 4.78. The summed E-state index contributed by atoms with van der Waals surface area (Å²) in [5, 5.41) is 12.0. The van der Waals surface area contributed by atoms with Crippen molar-refractivity contribution in [2.75, 3.05) is 13.2 Å². The Morgan fingerprint density at radius 1 is 1.24 bits per heavy atom. The van der Waals surface area contributed by atoms with Crippen molar-refractivity contribution in [1.82, 2.24) is 5.32 Å². The first kappa shape index (κ1) is 15.7. The highest BCUT2D eigenvalue weighted by atomic mass is 16.3. The van der Waals surface area contributed by atoms with Gasteiger partial charge in [-0.05, 0) is 38.3 Å². The van der Waals surface area contributed by atoms with Gasteiger partial charge in [0.1, 0.15) is 0 Å². The lowest BCUT2D eigenvalue weighted by molar-refractivity contribution is -0.121. The zero-order valence-corrected chi connectivity index (χ0v) is 12.7. The third-order valence-electron chi connectivity index (χ3n) is 4.23. The highest BCUT2D eigenvalue weighted by Crippen LogP contribution is 2.44. The predicted octanol–water partition coefficient (Wildman–Crippen LogP) is 2.16. The molecular formula is C17H23NO3. The minimum absolute atomic E-state index is 0.00893. The number of ketones is 1. The van der Waals surface area contributed by atoms with Crippen LogP contribution in [0.3, 0.4) is 0 Å². The molecule has 0 bridgehead atoms. The number of Topliss-reactive ketones (excluding diaryl/α,β-unsaturated/α-hetero) is 1. The van der Waals surface area contributed by atoms with E-state index in [2.05, 4.69) is 5.32 Å². The van der Waals surface area contributed by atoms with E-state index in [0.29, 0.717) is 12.1 Å². The maximum absolute atomic E-state index is 12.2. The molecule has 2 N–H and O–H groups in total. The van der Waals surface area contributed by atoms with E-state index < -0.39 is 0 Å². The van der Waals surface area contributed by atoms with Crippen molar-refractivity contribution in [3.8, 4) is 0 Å². The largest absolute Gasteiger partial charge is 0.396 e. The molecule has 1 amide bonds. The number of aryl methyl sites for hydroxylation is 2. The first-order valence-corrected chi connectivity index (χ1v) is 7.44. The molecule has 4 nitrogen and oxygen atoms in total. The fourth-order valence-electron chi connectivity index (χ4n) is 2.34. The Balaban J connectivity index is 1.80. The van der Waals surface area contributed by atoms with Crippen LogP contribution < -0.4 is 5.32 Å². The molecule has 1 aromatic rings. The lowest BCUT2D eigenvalue weighted by Gasteiger charge is -2.12. The van der Waals surface area contributed by atoms with Crippen LogP contribution in [-0.4, -0.2) is 29.9 Å². The second-order valence-corrected chi connectivity index (χ2v) is 6.18. The number of benzene rings is 1. The molecule has 0 aromatic heterocycles. The van der Waals surface area contributed by atoms with Crippen molar-refractivity contribution in [1.29, 1.82) is 0 Å². The second kappa shape index (κ2) is 6.39. The van der Waals surface area contributed by atoms with Crippen LogP contribution in [0.5, 0.6) is 0 Å². The van der Waals surface area contributed by atoms with Crippen molar-refractivity contribution >= 4 is 11.7 Å². The van der Waals surface area contributed by atoms with Gasteiger partial charge < -0.3 is 10.4 Å². The topological polar surface area (TPSA) is 66.4 Å². The Labute approximate surface area is 125 Å². The summed E-state index contributed by atoms with van der Waals surface area (Å²) in [6.45, 7) is 4.49. The monoisotopic (exact) mass is 289 g/mol. The SMILES string of the molecule is Cc1ccc(C)c(C(=O)CCC(=O)NCC2(CO)CC2)c1. The van der Waals surface area contributed by atoms with E-state index in [-0.39, 0.29) is 36.6 Å². The van der Waals surface area contributed by atoms with Crippen LogP contribution in [0.4, 0.5) is 0 Å². The van der Waals surface area contributed by atoms with E-state index in [0.717, 1.165) is 24.0 Å². The zero-order chi connectivity index (χ0) is 15.5. The Hall–Kier alpha value is -1.68. The number of aliphatic hydroxyl groups excluding tert-OH is 1. The summed E-state index contributed by atoms with van der Waals surface area (Å²) in [7, 11) is 0. The molecule has 114 valence electrons. The molecule has 1 fully saturated rings. The van der Waals surface area contributed by atoms with E-state index in [1.165, 1.54) is 0 Å². The number of nitrogens with one attached hydrogen (secondary N) is 1. The third kappa shape index (κ3) is 4.14. The maximum atomic E-state index is 12.2. The number of carbonyl (C=O) groups is 2. The number of hydrogen-bond donors (Lipinski definition) is 2. The standard InChI is InChI=1S/C17H23NO3/c1-12-3-4-13(2)14(9-12)15(20)5-6-16(21)18-10-17(11-19)7-8-17/h3-4,9,19H,5-8,10-11H2,1-2H3,(H,18,21). The van der Waals surface area contributed by atoms with Crippen molar-refractivity contribution in [3.63, 3.8) is 0 Å². The number of hydrogen-bond acceptors (Lipinski definition) is 3. The normalized spacial score (nSPS) is 15.6. The summed E-state index contributed by atoms with van der Waals surface area (Å²) in [5.41, 5.74) is 2.61. The molecule has 0 saturated heterocycles. The van der Waals surface area contributed by atoms with Crippen LogP contribution in [0.25, 0.3) is 0 Å². The Morgan fingerprint density at radius 2 is 1.95 bits per heavy atom. The fraction of sp³-hybridized carbons (Fsp3) is 0.529. The first-order chi connectivity index (χ1) is 9.96. The van der Waals surface area contributed by atoms with Crippen molar-refractivity contribution in [2.45, 2.75) is 39.5 Å². The van der Waals surface area contributed by atoms with E-state index in [1.54, 1.807) is 0 Å². The van der Waals surface area contributed by atoms with Crippen LogP contribution in [0, 0.1) is 19.3 Å². The van der Waals surface area contributed by atoms with Gasteiger partial charge in [0.15, 0.2) is 5.78 Å². The average molecular weight is 289 g/mol. The van der Waals surface area contributed by atoms with Gasteiger partial charge in [0.05, 0.1) is 6.61 Å². The fourth-order valence-corrected chi connectivity index (χ4v) is 2.34. The summed E-state index contributed by atoms with van der Waals surface area (Å²) in [6.07, 6.45) is 2.35. The molecule has 21 heavy (non-hydrogen) atoms. The van der Waals surface area contributed by atoms with E-state index in [9.17, 15) is 14.7 Å². The van der Waals surface area contributed by atoms with E-state index in [4.69, 9.17) is 0 Å². The highest BCUT2D eigenvalue weighted by Gasteiger charge is 2.41. The van der Waals surface area contributed by atoms with Gasteiger partial charge in [-0.1, -0.05) is 17.7 Å². The summed E-state index contributed by atoms with van der Waals surface area (Å²) in [4.78, 5) is 23.9. The number of aliphatic hydroxyl groups is 1. The van der Waals surface area contributed by atoms with Gasteiger partial charge in [-0.15, -0.1) is 0 Å². The first-order valence-electron chi connectivity index (χ1n) is 7.44. The zero-order valence-electron chi connectivity index (χ0n) is 12.7. The summed E-state index contributed by atoms with van der Waals surface area (Å²) >= 11 is 0. The minimum Gasteiger partial charge on any atom is -0.396 e. The molecule has 0 radical (unpaired) electrons.